The van der Waals surface area contributed by atoms with Crippen LogP contribution in [0.4, 0.5) is 0 Å². The maximum Gasteiger partial charge on any atom is 0.305 e. The molecule has 0 aliphatic rings. The Labute approximate surface area is 154 Å². The zero-order valence-electron chi connectivity index (χ0n) is 15.0. The average molecular weight is 355 g/mol. The summed E-state index contributed by atoms with van der Waals surface area (Å²) in [7, 11) is 0. The topological polar surface area (TPSA) is 75.6 Å². The Morgan fingerprint density at radius 2 is 1.73 bits per heavy atom. The second-order valence-electron chi connectivity index (χ2n) is 6.09. The van der Waals surface area contributed by atoms with Crippen molar-refractivity contribution in [3.8, 4) is 5.75 Å². The molecule has 5 heteroatoms. The van der Waals surface area contributed by atoms with Crippen LogP contribution in [0.25, 0.3) is 0 Å². The molecule has 26 heavy (non-hydrogen) atoms. The molecule has 0 saturated heterocycles. The molecule has 1 unspecified atom stereocenters. The Morgan fingerprint density at radius 1 is 1.04 bits per heavy atom. The molecule has 5 nitrogen and oxygen atoms in total. The first-order valence-electron chi connectivity index (χ1n) is 8.91. The number of ether oxygens (including phenoxy) is 1. The van der Waals surface area contributed by atoms with Gasteiger partial charge in [0.1, 0.15) is 5.75 Å². The number of aliphatic carboxylic acids is 1. The van der Waals surface area contributed by atoms with Crippen LogP contribution in [0.2, 0.25) is 0 Å². The van der Waals surface area contributed by atoms with Gasteiger partial charge in [-0.05, 0) is 24.1 Å². The molecule has 1 atom stereocenters. The SMILES string of the molecule is CCCCCOc1ccccc1C(=O)NC(CC(=O)O)c1ccccc1. The first-order valence-corrected chi connectivity index (χ1v) is 8.91. The summed E-state index contributed by atoms with van der Waals surface area (Å²) >= 11 is 0. The van der Waals surface area contributed by atoms with Crippen molar-refractivity contribution in [2.45, 2.75) is 38.6 Å². The lowest BCUT2D eigenvalue weighted by Gasteiger charge is -2.19. The lowest BCUT2D eigenvalue weighted by molar-refractivity contribution is -0.137. The molecule has 0 fully saturated rings. The molecule has 0 radical (unpaired) electrons. The van der Waals surface area contributed by atoms with Crippen molar-refractivity contribution in [3.63, 3.8) is 0 Å². The summed E-state index contributed by atoms with van der Waals surface area (Å²) in [4.78, 5) is 23.9. The molecule has 2 rings (SSSR count). The van der Waals surface area contributed by atoms with Crippen molar-refractivity contribution in [3.05, 3.63) is 65.7 Å². The fraction of sp³-hybridized carbons (Fsp3) is 0.333. The molecule has 0 spiro atoms. The number of carbonyl (C=O) groups is 2. The van der Waals surface area contributed by atoms with E-state index in [4.69, 9.17) is 4.74 Å². The molecule has 0 heterocycles. The average Bonchev–Trinajstić information content (AvgIpc) is 2.65. The van der Waals surface area contributed by atoms with E-state index < -0.39 is 12.0 Å². The highest BCUT2D eigenvalue weighted by Gasteiger charge is 2.20. The first-order chi connectivity index (χ1) is 12.6. The molecule has 0 aliphatic carbocycles. The van der Waals surface area contributed by atoms with Crippen molar-refractivity contribution >= 4 is 11.9 Å². The number of para-hydroxylation sites is 1. The molecule has 1 amide bonds. The zero-order chi connectivity index (χ0) is 18.8. The normalized spacial score (nSPS) is 11.6. The largest absolute Gasteiger partial charge is 0.493 e. The third-order valence-electron chi connectivity index (χ3n) is 4.02. The Kier molecular flexibility index (Phi) is 7.68. The second kappa shape index (κ2) is 10.2. The van der Waals surface area contributed by atoms with E-state index in [0.29, 0.717) is 17.9 Å². The first kappa shape index (κ1) is 19.5. The molecule has 2 aromatic carbocycles. The summed E-state index contributed by atoms with van der Waals surface area (Å²) in [6.45, 7) is 2.67. The van der Waals surface area contributed by atoms with Gasteiger partial charge in [0.2, 0.25) is 0 Å². The van der Waals surface area contributed by atoms with E-state index in [-0.39, 0.29) is 12.3 Å². The minimum atomic E-state index is -0.969. The summed E-state index contributed by atoms with van der Waals surface area (Å²) in [5.74, 6) is -0.794. The quantitative estimate of drug-likeness (QED) is 0.626. The third kappa shape index (κ3) is 5.92. The van der Waals surface area contributed by atoms with Crippen LogP contribution in [-0.4, -0.2) is 23.6 Å². The maximum absolute atomic E-state index is 12.7. The van der Waals surface area contributed by atoms with Crippen LogP contribution in [0.15, 0.2) is 54.6 Å². The van der Waals surface area contributed by atoms with Gasteiger partial charge in [0.05, 0.1) is 24.6 Å². The fourth-order valence-electron chi connectivity index (χ4n) is 2.66. The molecule has 138 valence electrons. The van der Waals surface area contributed by atoms with Crippen LogP contribution in [0, 0.1) is 0 Å². The Hall–Kier alpha value is -2.82. The predicted octanol–water partition coefficient (Wildman–Crippen LogP) is 4.20. The van der Waals surface area contributed by atoms with Crippen LogP contribution < -0.4 is 10.1 Å². The van der Waals surface area contributed by atoms with Crippen LogP contribution in [0.3, 0.4) is 0 Å². The molecular formula is C21H25NO4. The highest BCUT2D eigenvalue weighted by molar-refractivity contribution is 5.97. The van der Waals surface area contributed by atoms with Gasteiger partial charge in [0.15, 0.2) is 0 Å². The van der Waals surface area contributed by atoms with Gasteiger partial charge in [0.25, 0.3) is 5.91 Å². The number of benzene rings is 2. The maximum atomic E-state index is 12.7. The highest BCUT2D eigenvalue weighted by atomic mass is 16.5. The van der Waals surface area contributed by atoms with Gasteiger partial charge in [-0.2, -0.15) is 0 Å². The fourth-order valence-corrected chi connectivity index (χ4v) is 2.66. The van der Waals surface area contributed by atoms with E-state index in [9.17, 15) is 14.7 Å². The van der Waals surface area contributed by atoms with Crippen LogP contribution >= 0.6 is 0 Å². The number of unbranched alkanes of at least 4 members (excludes halogenated alkanes) is 2. The number of carboxylic acid groups (broad SMARTS) is 1. The lowest BCUT2D eigenvalue weighted by atomic mass is 10.0. The van der Waals surface area contributed by atoms with Crippen molar-refractivity contribution in [1.29, 1.82) is 0 Å². The molecule has 0 saturated carbocycles. The number of hydrogen-bond acceptors (Lipinski definition) is 3. The second-order valence-corrected chi connectivity index (χ2v) is 6.09. The van der Waals surface area contributed by atoms with Gasteiger partial charge in [-0.15, -0.1) is 0 Å². The summed E-state index contributed by atoms with van der Waals surface area (Å²) in [5.41, 5.74) is 1.17. The van der Waals surface area contributed by atoms with Crippen molar-refractivity contribution in [1.82, 2.24) is 5.32 Å². The molecule has 2 aromatic rings. The highest BCUT2D eigenvalue weighted by Crippen LogP contribution is 2.22. The molecular weight excluding hydrogens is 330 g/mol. The third-order valence-corrected chi connectivity index (χ3v) is 4.02. The predicted molar refractivity (Wildman–Crippen MR) is 100 cm³/mol. The minimum absolute atomic E-state index is 0.185. The smallest absolute Gasteiger partial charge is 0.305 e. The number of amides is 1. The van der Waals surface area contributed by atoms with Crippen LogP contribution in [0.1, 0.15) is 54.6 Å². The number of nitrogens with one attached hydrogen (secondary N) is 1. The molecule has 0 bridgehead atoms. The lowest BCUT2D eigenvalue weighted by Crippen LogP contribution is -2.30. The van der Waals surface area contributed by atoms with Crippen molar-refractivity contribution in [2.24, 2.45) is 0 Å². The Morgan fingerprint density at radius 3 is 2.42 bits per heavy atom. The van der Waals surface area contributed by atoms with E-state index in [1.54, 1.807) is 30.3 Å². The zero-order valence-corrected chi connectivity index (χ0v) is 15.0. The Balaban J connectivity index is 2.12. The van der Waals surface area contributed by atoms with Crippen LogP contribution in [0.5, 0.6) is 5.75 Å². The van der Waals surface area contributed by atoms with Gasteiger partial charge in [-0.25, -0.2) is 0 Å². The van der Waals surface area contributed by atoms with E-state index in [0.717, 1.165) is 24.8 Å². The molecule has 0 aromatic heterocycles. The monoisotopic (exact) mass is 355 g/mol. The summed E-state index contributed by atoms with van der Waals surface area (Å²) in [5, 5.41) is 12.0. The molecule has 2 N–H and O–H groups in total. The summed E-state index contributed by atoms with van der Waals surface area (Å²) in [6, 6.07) is 15.5. The van der Waals surface area contributed by atoms with E-state index in [2.05, 4.69) is 12.2 Å². The van der Waals surface area contributed by atoms with E-state index in [1.807, 2.05) is 24.3 Å². The van der Waals surface area contributed by atoms with Crippen molar-refractivity contribution in [2.75, 3.05) is 6.61 Å². The molecule has 0 aliphatic heterocycles. The van der Waals surface area contributed by atoms with E-state index >= 15 is 0 Å². The Bertz CT molecular complexity index is 715. The standard InChI is InChI=1S/C21H25NO4/c1-2-3-9-14-26-19-13-8-7-12-17(19)21(25)22-18(15-20(23)24)16-10-5-4-6-11-16/h4-8,10-13,18H,2-3,9,14-15H2,1H3,(H,22,25)(H,23,24). The van der Waals surface area contributed by atoms with Gasteiger partial charge in [-0.3, -0.25) is 9.59 Å². The number of rotatable bonds is 10. The number of hydrogen-bond donors (Lipinski definition) is 2. The minimum Gasteiger partial charge on any atom is -0.493 e. The van der Waals surface area contributed by atoms with Gasteiger partial charge >= 0.3 is 5.97 Å². The summed E-state index contributed by atoms with van der Waals surface area (Å²) in [6.07, 6.45) is 2.91. The van der Waals surface area contributed by atoms with Crippen molar-refractivity contribution < 1.29 is 19.4 Å². The van der Waals surface area contributed by atoms with Gasteiger partial charge in [-0.1, -0.05) is 62.2 Å². The number of carboxylic acids is 1. The van der Waals surface area contributed by atoms with E-state index in [1.165, 1.54) is 0 Å². The van der Waals surface area contributed by atoms with Crippen LogP contribution in [-0.2, 0) is 4.79 Å². The summed E-state index contributed by atoms with van der Waals surface area (Å²) < 4.78 is 5.75. The number of carbonyl (C=O) groups excluding carboxylic acids is 1. The van der Waals surface area contributed by atoms with Gasteiger partial charge < -0.3 is 15.2 Å². The van der Waals surface area contributed by atoms with Gasteiger partial charge in [0, 0.05) is 0 Å².